The van der Waals surface area contributed by atoms with E-state index in [1.165, 1.54) is 12.3 Å². The Balaban J connectivity index is 2.07. The van der Waals surface area contributed by atoms with E-state index in [1.54, 1.807) is 29.6 Å². The van der Waals surface area contributed by atoms with Crippen molar-refractivity contribution in [2.45, 2.75) is 11.1 Å². The van der Waals surface area contributed by atoms with Crippen LogP contribution in [-0.2, 0) is 10.0 Å². The van der Waals surface area contributed by atoms with Crippen molar-refractivity contribution in [3.8, 4) is 5.75 Å². The molecule has 1 heterocycles. The van der Waals surface area contributed by atoms with E-state index in [4.69, 9.17) is 4.74 Å². The van der Waals surface area contributed by atoms with Crippen LogP contribution in [0.1, 0.15) is 12.5 Å². The first-order chi connectivity index (χ1) is 10.0. The van der Waals surface area contributed by atoms with Crippen molar-refractivity contribution in [2.75, 3.05) is 6.61 Å². The molecule has 0 fully saturated rings. The van der Waals surface area contributed by atoms with Gasteiger partial charge >= 0.3 is 0 Å². The SMILES string of the molecule is CCOc1ccc(/C=N/NS(=O)(=O)c2cccs2)cc1Br. The zero-order valence-corrected chi connectivity index (χ0v) is 14.3. The van der Waals surface area contributed by atoms with Crippen molar-refractivity contribution >= 4 is 43.5 Å². The van der Waals surface area contributed by atoms with Crippen LogP contribution >= 0.6 is 27.3 Å². The van der Waals surface area contributed by atoms with Crippen LogP contribution in [0.5, 0.6) is 5.75 Å². The van der Waals surface area contributed by atoms with Gasteiger partial charge in [-0.15, -0.1) is 11.3 Å². The van der Waals surface area contributed by atoms with Gasteiger partial charge in [-0.05, 0) is 58.1 Å². The number of hydrogen-bond acceptors (Lipinski definition) is 5. The van der Waals surface area contributed by atoms with E-state index in [-0.39, 0.29) is 4.21 Å². The predicted molar refractivity (Wildman–Crippen MR) is 87.5 cm³/mol. The molecule has 0 atom stereocenters. The Kier molecular flexibility index (Phi) is 5.38. The molecule has 1 aromatic carbocycles. The normalized spacial score (nSPS) is 11.7. The number of nitrogens with one attached hydrogen (secondary N) is 1. The molecular weight excluding hydrogens is 376 g/mol. The number of benzene rings is 1. The van der Waals surface area contributed by atoms with Crippen LogP contribution in [0.2, 0.25) is 0 Å². The van der Waals surface area contributed by atoms with Crippen molar-refractivity contribution in [1.29, 1.82) is 0 Å². The highest BCUT2D eigenvalue weighted by Crippen LogP contribution is 2.25. The lowest BCUT2D eigenvalue weighted by atomic mass is 10.2. The highest BCUT2D eigenvalue weighted by Gasteiger charge is 2.13. The maximum Gasteiger partial charge on any atom is 0.286 e. The minimum absolute atomic E-state index is 0.229. The molecular formula is C13H13BrN2O3S2. The third-order valence-corrected chi connectivity index (χ3v) is 5.64. The highest BCUT2D eigenvalue weighted by molar-refractivity contribution is 9.10. The van der Waals surface area contributed by atoms with E-state index in [0.717, 1.165) is 27.1 Å². The smallest absolute Gasteiger partial charge is 0.286 e. The quantitative estimate of drug-likeness (QED) is 0.609. The average molecular weight is 389 g/mol. The van der Waals surface area contributed by atoms with Gasteiger partial charge in [0.2, 0.25) is 0 Å². The third kappa shape index (κ3) is 4.29. The summed E-state index contributed by atoms with van der Waals surface area (Å²) in [6.07, 6.45) is 1.44. The van der Waals surface area contributed by atoms with Crippen LogP contribution < -0.4 is 9.57 Å². The maximum absolute atomic E-state index is 11.8. The lowest BCUT2D eigenvalue weighted by molar-refractivity contribution is 0.338. The van der Waals surface area contributed by atoms with E-state index in [0.29, 0.717) is 6.61 Å². The minimum Gasteiger partial charge on any atom is -0.493 e. The average Bonchev–Trinajstić information content (AvgIpc) is 2.96. The van der Waals surface area contributed by atoms with Gasteiger partial charge in [0.15, 0.2) is 0 Å². The molecule has 2 rings (SSSR count). The summed E-state index contributed by atoms with van der Waals surface area (Å²) in [4.78, 5) is 2.17. The topological polar surface area (TPSA) is 67.8 Å². The Morgan fingerprint density at radius 3 is 2.86 bits per heavy atom. The van der Waals surface area contributed by atoms with Gasteiger partial charge in [0.1, 0.15) is 9.96 Å². The molecule has 0 radical (unpaired) electrons. The molecule has 0 aliphatic carbocycles. The van der Waals surface area contributed by atoms with Gasteiger partial charge in [-0.3, -0.25) is 0 Å². The summed E-state index contributed by atoms with van der Waals surface area (Å²) in [5.41, 5.74) is 0.749. The second kappa shape index (κ2) is 7.06. The van der Waals surface area contributed by atoms with Crippen molar-refractivity contribution in [1.82, 2.24) is 4.83 Å². The first-order valence-electron chi connectivity index (χ1n) is 6.03. The van der Waals surface area contributed by atoms with E-state index in [9.17, 15) is 8.42 Å². The van der Waals surface area contributed by atoms with Gasteiger partial charge in [0.05, 0.1) is 17.3 Å². The molecule has 0 spiro atoms. The number of ether oxygens (including phenoxy) is 1. The van der Waals surface area contributed by atoms with Crippen molar-refractivity contribution in [3.05, 3.63) is 45.7 Å². The Labute approximate surface area is 135 Å². The summed E-state index contributed by atoms with van der Waals surface area (Å²) >= 11 is 4.52. The molecule has 21 heavy (non-hydrogen) atoms. The molecule has 8 heteroatoms. The minimum atomic E-state index is -3.58. The van der Waals surface area contributed by atoms with E-state index >= 15 is 0 Å². The number of thiophene rings is 1. The van der Waals surface area contributed by atoms with E-state index < -0.39 is 10.0 Å². The fourth-order valence-corrected chi connectivity index (χ4v) is 3.79. The summed E-state index contributed by atoms with van der Waals surface area (Å²) in [7, 11) is -3.58. The molecule has 112 valence electrons. The number of halogens is 1. The maximum atomic E-state index is 11.8. The Morgan fingerprint density at radius 2 is 2.24 bits per heavy atom. The van der Waals surface area contributed by atoms with Gasteiger partial charge < -0.3 is 4.74 Å². The first-order valence-corrected chi connectivity index (χ1v) is 9.19. The Hall–Kier alpha value is -1.38. The van der Waals surface area contributed by atoms with E-state index in [1.807, 2.05) is 6.92 Å². The predicted octanol–water partition coefficient (Wildman–Crippen LogP) is 3.22. The molecule has 5 nitrogen and oxygen atoms in total. The van der Waals surface area contributed by atoms with Crippen LogP contribution in [0.4, 0.5) is 0 Å². The number of nitrogens with zero attached hydrogens (tertiary/aromatic N) is 1. The molecule has 2 aromatic rings. The van der Waals surface area contributed by atoms with Crippen LogP contribution in [0, 0.1) is 0 Å². The fraction of sp³-hybridized carbons (Fsp3) is 0.154. The molecule has 0 saturated carbocycles. The van der Waals surface area contributed by atoms with Gasteiger partial charge in [-0.25, -0.2) is 0 Å². The molecule has 1 aromatic heterocycles. The second-order valence-electron chi connectivity index (χ2n) is 3.91. The lowest BCUT2D eigenvalue weighted by Gasteiger charge is -2.05. The third-order valence-electron chi connectivity index (χ3n) is 2.40. The largest absolute Gasteiger partial charge is 0.493 e. The first kappa shape index (κ1) is 16.0. The summed E-state index contributed by atoms with van der Waals surface area (Å²) in [5, 5.41) is 5.46. The lowest BCUT2D eigenvalue weighted by Crippen LogP contribution is -2.17. The molecule has 0 aliphatic rings. The van der Waals surface area contributed by atoms with Gasteiger partial charge in [-0.1, -0.05) is 6.07 Å². The van der Waals surface area contributed by atoms with Crippen LogP contribution in [0.15, 0.2) is 49.5 Å². The monoisotopic (exact) mass is 388 g/mol. The van der Waals surface area contributed by atoms with Gasteiger partial charge in [0.25, 0.3) is 10.0 Å². The van der Waals surface area contributed by atoms with Crippen molar-refractivity contribution in [3.63, 3.8) is 0 Å². The molecule has 1 N–H and O–H groups in total. The Morgan fingerprint density at radius 1 is 1.43 bits per heavy atom. The number of sulfonamides is 1. The van der Waals surface area contributed by atoms with Crippen molar-refractivity contribution in [2.24, 2.45) is 5.10 Å². The summed E-state index contributed by atoms with van der Waals surface area (Å²) in [5.74, 6) is 0.730. The molecule has 0 unspecified atom stereocenters. The number of hydrazone groups is 1. The van der Waals surface area contributed by atoms with Gasteiger partial charge in [0, 0.05) is 0 Å². The molecule has 0 aliphatic heterocycles. The van der Waals surface area contributed by atoms with E-state index in [2.05, 4.69) is 25.9 Å². The molecule has 0 amide bonds. The van der Waals surface area contributed by atoms with Gasteiger partial charge in [-0.2, -0.15) is 18.4 Å². The van der Waals surface area contributed by atoms with Crippen LogP contribution in [-0.4, -0.2) is 21.2 Å². The summed E-state index contributed by atoms with van der Waals surface area (Å²) in [6.45, 7) is 2.48. The summed E-state index contributed by atoms with van der Waals surface area (Å²) < 4.78 is 30.1. The zero-order valence-electron chi connectivity index (χ0n) is 11.1. The highest BCUT2D eigenvalue weighted by atomic mass is 79.9. The Bertz CT molecular complexity index is 728. The number of hydrogen-bond donors (Lipinski definition) is 1. The zero-order chi connectivity index (χ0) is 15.3. The van der Waals surface area contributed by atoms with Crippen LogP contribution in [0.3, 0.4) is 0 Å². The van der Waals surface area contributed by atoms with Crippen LogP contribution in [0.25, 0.3) is 0 Å². The second-order valence-corrected chi connectivity index (χ2v) is 7.60. The molecule has 0 saturated heterocycles. The molecule has 0 bridgehead atoms. The number of rotatable bonds is 6. The summed E-state index contributed by atoms with van der Waals surface area (Å²) in [6, 6.07) is 8.58. The standard InChI is InChI=1S/C13H13BrN2O3S2/c1-2-19-12-6-5-10(8-11(12)14)9-15-16-21(17,18)13-4-3-7-20-13/h3-9,16H,2H2,1H3/b15-9+. The fourth-order valence-electron chi connectivity index (χ4n) is 1.50. The van der Waals surface area contributed by atoms with Crippen molar-refractivity contribution < 1.29 is 13.2 Å².